The molecule has 0 aliphatic heterocycles. The van der Waals surface area contributed by atoms with Crippen LogP contribution in [0.4, 0.5) is 0 Å². The molecule has 0 aromatic rings. The topological polar surface area (TPSA) is 84.2 Å². The quantitative estimate of drug-likeness (QED) is 0.646. The minimum Gasteiger partial charge on any atom is -0.368 e. The molecule has 1 aliphatic carbocycles. The molecule has 0 bridgehead atoms. The molecule has 0 spiro atoms. The molecule has 0 saturated heterocycles. The molecule has 1 fully saturated rings. The molecule has 2 amide bonds. The van der Waals surface area contributed by atoms with Crippen molar-refractivity contribution in [1.82, 2.24) is 10.6 Å². The van der Waals surface area contributed by atoms with Gasteiger partial charge in [-0.05, 0) is 26.7 Å². The molecule has 4 N–H and O–H groups in total. The Labute approximate surface area is 103 Å². The van der Waals surface area contributed by atoms with E-state index in [2.05, 4.69) is 10.6 Å². The first kappa shape index (κ1) is 14.0. The van der Waals surface area contributed by atoms with Crippen LogP contribution in [0.25, 0.3) is 0 Å². The van der Waals surface area contributed by atoms with Gasteiger partial charge in [0.15, 0.2) is 0 Å². The van der Waals surface area contributed by atoms with Crippen LogP contribution >= 0.6 is 0 Å². The Morgan fingerprint density at radius 2 is 1.71 bits per heavy atom. The largest absolute Gasteiger partial charge is 0.368 e. The molecule has 2 atom stereocenters. The van der Waals surface area contributed by atoms with E-state index in [0.717, 1.165) is 12.8 Å². The van der Waals surface area contributed by atoms with E-state index in [9.17, 15) is 9.59 Å². The number of rotatable bonds is 5. The number of hydrogen-bond donors (Lipinski definition) is 3. The Hall–Kier alpha value is -1.10. The Morgan fingerprint density at radius 3 is 2.24 bits per heavy atom. The molecule has 2 unspecified atom stereocenters. The molecule has 0 heterocycles. The first-order chi connectivity index (χ1) is 8.00. The van der Waals surface area contributed by atoms with Gasteiger partial charge in [0.1, 0.15) is 0 Å². The number of carbonyl (C=O) groups is 2. The zero-order valence-electron chi connectivity index (χ0n) is 10.7. The molecular formula is C12H23N3O2. The van der Waals surface area contributed by atoms with Gasteiger partial charge in [0.05, 0.1) is 12.1 Å². The predicted molar refractivity (Wildman–Crippen MR) is 66.3 cm³/mol. The molecule has 1 aliphatic rings. The monoisotopic (exact) mass is 241 g/mol. The number of nitrogens with one attached hydrogen (secondary N) is 2. The highest BCUT2D eigenvalue weighted by molar-refractivity contribution is 5.84. The highest BCUT2D eigenvalue weighted by Crippen LogP contribution is 2.17. The van der Waals surface area contributed by atoms with Crippen molar-refractivity contribution in [2.45, 2.75) is 64.1 Å². The standard InChI is InChI=1S/C12H23N3O2/c1-8(11(13)16)14-9(2)12(17)15-10-6-4-3-5-7-10/h8-10,14H,3-7H2,1-2H3,(H2,13,16)(H,15,17). The van der Waals surface area contributed by atoms with Gasteiger partial charge in [-0.2, -0.15) is 0 Å². The molecule has 0 radical (unpaired) electrons. The smallest absolute Gasteiger partial charge is 0.237 e. The van der Waals surface area contributed by atoms with Crippen LogP contribution in [0.15, 0.2) is 0 Å². The van der Waals surface area contributed by atoms with Crippen molar-refractivity contribution in [1.29, 1.82) is 0 Å². The maximum absolute atomic E-state index is 11.8. The summed E-state index contributed by atoms with van der Waals surface area (Å²) >= 11 is 0. The normalized spacial score (nSPS) is 20.6. The summed E-state index contributed by atoms with van der Waals surface area (Å²) in [5, 5.41) is 5.89. The summed E-state index contributed by atoms with van der Waals surface area (Å²) in [6.45, 7) is 3.41. The van der Waals surface area contributed by atoms with Gasteiger partial charge in [-0.1, -0.05) is 19.3 Å². The minimum atomic E-state index is -0.484. The second-order valence-electron chi connectivity index (χ2n) is 4.86. The zero-order chi connectivity index (χ0) is 12.8. The Bertz CT molecular complexity index is 275. The fraction of sp³-hybridized carbons (Fsp3) is 0.833. The predicted octanol–water partition coefficient (Wildman–Crippen LogP) is 0.287. The van der Waals surface area contributed by atoms with Crippen molar-refractivity contribution < 1.29 is 9.59 Å². The molecule has 1 rings (SSSR count). The summed E-state index contributed by atoms with van der Waals surface area (Å²) in [7, 11) is 0. The summed E-state index contributed by atoms with van der Waals surface area (Å²) in [5.41, 5.74) is 5.14. The second kappa shape index (κ2) is 6.59. The lowest BCUT2D eigenvalue weighted by molar-refractivity contribution is -0.124. The first-order valence-electron chi connectivity index (χ1n) is 6.36. The van der Waals surface area contributed by atoms with Crippen molar-refractivity contribution in [3.8, 4) is 0 Å². The van der Waals surface area contributed by atoms with Crippen LogP contribution in [0.2, 0.25) is 0 Å². The Morgan fingerprint density at radius 1 is 1.12 bits per heavy atom. The van der Waals surface area contributed by atoms with E-state index in [-0.39, 0.29) is 11.9 Å². The Kier molecular flexibility index (Phi) is 5.41. The van der Waals surface area contributed by atoms with E-state index >= 15 is 0 Å². The van der Waals surface area contributed by atoms with Crippen LogP contribution in [0.5, 0.6) is 0 Å². The lowest BCUT2D eigenvalue weighted by Gasteiger charge is -2.25. The van der Waals surface area contributed by atoms with Crippen LogP contribution in [-0.2, 0) is 9.59 Å². The van der Waals surface area contributed by atoms with Gasteiger partial charge in [-0.25, -0.2) is 0 Å². The van der Waals surface area contributed by atoms with Crippen LogP contribution in [0, 0.1) is 0 Å². The molecule has 0 aromatic heterocycles. The van der Waals surface area contributed by atoms with Crippen LogP contribution in [0.3, 0.4) is 0 Å². The van der Waals surface area contributed by atoms with Gasteiger partial charge in [-0.3, -0.25) is 14.9 Å². The van der Waals surface area contributed by atoms with Crippen molar-refractivity contribution >= 4 is 11.8 Å². The fourth-order valence-corrected chi connectivity index (χ4v) is 2.11. The summed E-state index contributed by atoms with van der Waals surface area (Å²) in [4.78, 5) is 22.7. The van der Waals surface area contributed by atoms with E-state index < -0.39 is 11.9 Å². The third kappa shape index (κ3) is 4.73. The van der Waals surface area contributed by atoms with Crippen LogP contribution < -0.4 is 16.4 Å². The molecule has 1 saturated carbocycles. The van der Waals surface area contributed by atoms with E-state index in [1.165, 1.54) is 19.3 Å². The highest BCUT2D eigenvalue weighted by atomic mass is 16.2. The van der Waals surface area contributed by atoms with Gasteiger partial charge < -0.3 is 11.1 Å². The number of amides is 2. The third-order valence-electron chi connectivity index (χ3n) is 3.27. The van der Waals surface area contributed by atoms with Crippen molar-refractivity contribution in [2.75, 3.05) is 0 Å². The molecule has 98 valence electrons. The Balaban J connectivity index is 2.33. The van der Waals surface area contributed by atoms with Crippen molar-refractivity contribution in [3.05, 3.63) is 0 Å². The number of primary amides is 1. The summed E-state index contributed by atoms with van der Waals surface area (Å²) in [6, 6.07) is -0.578. The maximum Gasteiger partial charge on any atom is 0.237 e. The zero-order valence-corrected chi connectivity index (χ0v) is 10.7. The molecule has 5 nitrogen and oxygen atoms in total. The van der Waals surface area contributed by atoms with Crippen LogP contribution in [0.1, 0.15) is 46.0 Å². The van der Waals surface area contributed by atoms with E-state index in [4.69, 9.17) is 5.73 Å². The summed E-state index contributed by atoms with van der Waals surface area (Å²) in [5.74, 6) is -0.493. The number of carbonyl (C=O) groups excluding carboxylic acids is 2. The van der Waals surface area contributed by atoms with Gasteiger partial charge in [0, 0.05) is 6.04 Å². The summed E-state index contributed by atoms with van der Waals surface area (Å²) in [6.07, 6.45) is 5.75. The average molecular weight is 241 g/mol. The third-order valence-corrected chi connectivity index (χ3v) is 3.27. The maximum atomic E-state index is 11.8. The van der Waals surface area contributed by atoms with Gasteiger partial charge in [-0.15, -0.1) is 0 Å². The van der Waals surface area contributed by atoms with E-state index in [1.54, 1.807) is 13.8 Å². The lowest BCUT2D eigenvalue weighted by atomic mass is 9.95. The SMILES string of the molecule is CC(NC(C)C(=O)NC1CCCCC1)C(N)=O. The molecule has 0 aromatic carbocycles. The van der Waals surface area contributed by atoms with Gasteiger partial charge >= 0.3 is 0 Å². The average Bonchev–Trinajstić information content (AvgIpc) is 2.29. The number of nitrogens with two attached hydrogens (primary N) is 1. The highest BCUT2D eigenvalue weighted by Gasteiger charge is 2.21. The van der Waals surface area contributed by atoms with E-state index in [1.807, 2.05) is 0 Å². The van der Waals surface area contributed by atoms with Gasteiger partial charge in [0.2, 0.25) is 11.8 Å². The molecule has 17 heavy (non-hydrogen) atoms. The number of hydrogen-bond acceptors (Lipinski definition) is 3. The van der Waals surface area contributed by atoms with E-state index in [0.29, 0.717) is 6.04 Å². The van der Waals surface area contributed by atoms with Gasteiger partial charge in [0.25, 0.3) is 0 Å². The second-order valence-corrected chi connectivity index (χ2v) is 4.86. The minimum absolute atomic E-state index is 0.0509. The first-order valence-corrected chi connectivity index (χ1v) is 6.36. The lowest BCUT2D eigenvalue weighted by Crippen LogP contribution is -2.52. The van der Waals surface area contributed by atoms with Crippen molar-refractivity contribution in [3.63, 3.8) is 0 Å². The fourth-order valence-electron chi connectivity index (χ4n) is 2.11. The summed E-state index contributed by atoms with van der Waals surface area (Å²) < 4.78 is 0. The molecular weight excluding hydrogens is 218 g/mol. The molecule has 5 heteroatoms. The van der Waals surface area contributed by atoms with Crippen molar-refractivity contribution in [2.24, 2.45) is 5.73 Å². The van der Waals surface area contributed by atoms with Crippen LogP contribution in [-0.4, -0.2) is 29.9 Å².